The summed E-state index contributed by atoms with van der Waals surface area (Å²) in [6.45, 7) is 18.7. The third kappa shape index (κ3) is 13.3. The minimum atomic E-state index is -3.28. The topological polar surface area (TPSA) is 221 Å². The number of carboxylic acid groups (broad SMARTS) is 1. The first kappa shape index (κ1) is 61.7. The largest absolute Gasteiger partial charge is 1.00 e. The summed E-state index contributed by atoms with van der Waals surface area (Å²) in [5, 5.41) is 9.58. The number of rotatable bonds is 15. The molecule has 0 spiro atoms. The van der Waals surface area contributed by atoms with E-state index in [0.29, 0.717) is 73.5 Å². The number of halogens is 3. The van der Waals surface area contributed by atoms with Gasteiger partial charge in [-0.1, -0.05) is 6.58 Å². The van der Waals surface area contributed by atoms with Crippen LogP contribution in [0.4, 0.5) is 0 Å². The summed E-state index contributed by atoms with van der Waals surface area (Å²) in [4.78, 5) is 99.1. The number of hydrogen-bond acceptors (Lipinski definition) is 15. The third-order valence-corrected chi connectivity index (χ3v) is 24.9. The smallest absolute Gasteiger partial charge is 1.00 e. The van der Waals surface area contributed by atoms with Crippen LogP contribution in [0.15, 0.2) is 97.1 Å². The van der Waals surface area contributed by atoms with E-state index >= 15 is 0 Å². The quantitative estimate of drug-likeness (QED) is 0.0760. The van der Waals surface area contributed by atoms with E-state index in [0.717, 1.165) is 77.8 Å². The third-order valence-electron chi connectivity index (χ3n) is 17.8. The van der Waals surface area contributed by atoms with Crippen molar-refractivity contribution in [3.05, 3.63) is 104 Å². The number of hydrogen-bond donors (Lipinski definition) is 1. The first-order valence-electron chi connectivity index (χ1n) is 27.5. The van der Waals surface area contributed by atoms with E-state index in [2.05, 4.69) is 19.7 Å². The van der Waals surface area contributed by atoms with Crippen LogP contribution in [0.3, 0.4) is 0 Å². The van der Waals surface area contributed by atoms with Gasteiger partial charge in [0.15, 0.2) is 0 Å². The Balaban J connectivity index is 0.000000196. The normalized spacial score (nSPS) is 33.9. The second-order valence-corrected chi connectivity index (χ2v) is 31.7. The van der Waals surface area contributed by atoms with Crippen molar-refractivity contribution in [2.75, 3.05) is 0 Å². The molecule has 2 aromatic carbocycles. The zero-order chi connectivity index (χ0) is 56.9. The molecule has 14 rings (SSSR count). The number of carboxylic acids is 1. The average molecular weight is 1440 g/mol. The van der Waals surface area contributed by atoms with Crippen LogP contribution in [0.2, 0.25) is 0 Å². The molecule has 12 saturated carbocycles. The molecule has 0 heterocycles. The molecule has 0 aliphatic heterocycles. The molecule has 12 bridgehead atoms. The van der Waals surface area contributed by atoms with Crippen LogP contribution in [0, 0.1) is 58.9 Å². The molecule has 6 atom stereocenters. The Bertz CT molecular complexity index is 2660. The van der Waals surface area contributed by atoms with E-state index < -0.39 is 104 Å². The maximum absolute atomic E-state index is 14.3. The predicted octanol–water partition coefficient (Wildman–Crippen LogP) is 9.05. The molecule has 80 heavy (non-hydrogen) atoms. The van der Waals surface area contributed by atoms with Gasteiger partial charge in [0.25, 0.3) is 0 Å². The van der Waals surface area contributed by atoms with E-state index in [-0.39, 0.29) is 65.6 Å². The molecule has 0 radical (unpaired) electrons. The molecule has 436 valence electrons. The van der Waals surface area contributed by atoms with Crippen molar-refractivity contribution in [1.29, 1.82) is 0 Å². The van der Waals surface area contributed by atoms with Crippen LogP contribution in [0.1, 0.15) is 150 Å². The van der Waals surface area contributed by atoms with E-state index in [4.69, 9.17) is 26.5 Å². The van der Waals surface area contributed by atoms with Crippen molar-refractivity contribution in [3.8, 4) is 0 Å². The van der Waals surface area contributed by atoms with E-state index in [1.54, 1.807) is 32.9 Å². The molecule has 12 fully saturated rings. The van der Waals surface area contributed by atoms with Gasteiger partial charge in [-0.3, -0.25) is 4.79 Å². The maximum atomic E-state index is 14.3. The maximum Gasteiger partial charge on any atom is -1.00 e. The molecular weight excluding hydrogens is 1370 g/mol. The summed E-state index contributed by atoms with van der Waals surface area (Å²) in [6.07, 6.45) is 13.5. The first-order chi connectivity index (χ1) is 37.2. The number of ether oxygens (including phenoxy) is 3. The Labute approximate surface area is 502 Å². The molecule has 0 amide bonds. The van der Waals surface area contributed by atoms with Crippen LogP contribution in [-0.4, -0.2) is 69.7 Å². The van der Waals surface area contributed by atoms with Gasteiger partial charge in [0.05, 0.1) is 5.41 Å². The van der Waals surface area contributed by atoms with E-state index in [1.807, 2.05) is 48.5 Å². The van der Waals surface area contributed by atoms with Crippen LogP contribution in [0.5, 0.6) is 0 Å². The van der Waals surface area contributed by atoms with Gasteiger partial charge in [0.2, 0.25) is 0 Å². The van der Waals surface area contributed by atoms with Gasteiger partial charge >= 0.3 is 382 Å². The van der Waals surface area contributed by atoms with Gasteiger partial charge in [0, 0.05) is 12.0 Å². The number of aliphatic carboxylic acids is 1. The number of esters is 3. The Kier molecular flexibility index (Phi) is 18.6. The number of benzene rings is 2. The first-order valence-corrected chi connectivity index (χ1v) is 33.2. The zero-order valence-electron chi connectivity index (χ0n) is 46.3. The van der Waals surface area contributed by atoms with Gasteiger partial charge in [-0.2, -0.15) is 0 Å². The molecule has 0 saturated heterocycles. The molecule has 12 aliphatic carbocycles. The summed E-state index contributed by atoms with van der Waals surface area (Å²) in [7, 11) is 0. The molecule has 1 N–H and O–H groups in total. The zero-order valence-corrected chi connectivity index (χ0v) is 52.8. The van der Waals surface area contributed by atoms with Crippen molar-refractivity contribution < 1.29 is 93.9 Å². The fourth-order valence-electron chi connectivity index (χ4n) is 16.2. The molecule has 2 aromatic rings. The fourth-order valence-corrected chi connectivity index (χ4v) is 22.2. The number of carbonyl (C=O) groups excluding carboxylic acids is 7. The fraction of sp³-hybridized carbons (Fsp3) is 0.574. The SMILES string of the molecule is C=C(C)C(=O)OC12CC3CC(C1)CC(C(=O)O)(C3)C2.C=C(C)C(=O)OC12CC3CC(C1)CC(C(=O)OI(OC(=O)C14CC5CC(CC(OC(=O)C(=C)C)(C5)C1)C4)c1ccccc1)(C3)C2.CC(=O)OI(OC(C)=O)c1ccccc1.[I-]. The van der Waals surface area contributed by atoms with Crippen molar-refractivity contribution in [2.24, 2.45) is 51.8 Å². The minimum Gasteiger partial charge on any atom is -1.00 e. The average Bonchev–Trinajstić information content (AvgIpc) is 3.50. The van der Waals surface area contributed by atoms with Gasteiger partial charge in [0.1, 0.15) is 5.60 Å². The Morgan fingerprint density at radius 2 is 0.688 bits per heavy atom. The molecule has 19 heteroatoms. The Hall–Kier alpha value is -4.39. The van der Waals surface area contributed by atoms with Crippen molar-refractivity contribution in [2.45, 2.75) is 167 Å². The van der Waals surface area contributed by atoms with Crippen molar-refractivity contribution >= 4 is 89.1 Å². The predicted molar refractivity (Wildman–Crippen MR) is 304 cm³/mol. The summed E-state index contributed by atoms with van der Waals surface area (Å²) < 4.78 is 42.2. The summed E-state index contributed by atoms with van der Waals surface area (Å²) in [6, 6.07) is 18.4. The van der Waals surface area contributed by atoms with Gasteiger partial charge in [-0.25, -0.2) is 4.79 Å². The Morgan fingerprint density at radius 1 is 0.425 bits per heavy atom. The van der Waals surface area contributed by atoms with E-state index in [1.165, 1.54) is 13.8 Å². The van der Waals surface area contributed by atoms with Crippen molar-refractivity contribution in [1.82, 2.24) is 0 Å². The van der Waals surface area contributed by atoms with E-state index in [9.17, 15) is 43.5 Å². The monoisotopic (exact) mass is 1440 g/mol. The van der Waals surface area contributed by atoms with Gasteiger partial charge in [-0.15, -0.1) is 0 Å². The van der Waals surface area contributed by atoms with Crippen molar-refractivity contribution in [3.63, 3.8) is 0 Å². The summed E-state index contributed by atoms with van der Waals surface area (Å²) >= 11 is -5.87. The minimum absolute atomic E-state index is 0. The molecular formula is C61H74I3O16-. The van der Waals surface area contributed by atoms with Crippen LogP contribution in [-0.2, 0) is 64.8 Å². The summed E-state index contributed by atoms with van der Waals surface area (Å²) in [5.74, 6) is -1.48. The molecule has 16 nitrogen and oxygen atoms in total. The molecule has 6 unspecified atom stereocenters. The molecule has 0 aromatic heterocycles. The van der Waals surface area contributed by atoms with Crippen LogP contribution < -0.4 is 24.0 Å². The van der Waals surface area contributed by atoms with Crippen LogP contribution in [0.25, 0.3) is 0 Å². The second kappa shape index (κ2) is 24.1. The number of carbonyl (C=O) groups is 8. The van der Waals surface area contributed by atoms with Gasteiger partial charge in [-0.05, 0) is 50.9 Å². The second-order valence-electron chi connectivity index (χ2n) is 25.0. The van der Waals surface area contributed by atoms with Gasteiger partial charge < -0.3 is 33.8 Å². The van der Waals surface area contributed by atoms with Crippen LogP contribution >= 0.6 is 41.3 Å². The Morgan fingerprint density at radius 3 is 0.950 bits per heavy atom. The summed E-state index contributed by atoms with van der Waals surface area (Å²) in [5.41, 5.74) is -3.00. The standard InChI is InChI=1S/C36H43IO8.C15H20O4.C10H11IO4.HI/c1-22(2)29(38)42-35-16-24-10-25(17-35)13-33(12-24,20-35)31(40)44-37(28-8-6-5-7-9-28)45-32(41)34-14-26-11-27(15-34)19-36(18-26,21-34)43-30(39)23(3)4;1-9(2)12(16)19-15-6-10-3-11(7-15)5-14(4-10,8-15)13(17)18;1-8(12)14-11(15-9(2)13)10-6-4-3-5-7-10;/h5-9,24-27H,1,3,10-21H2,2,4H3;10-11H,1,3-8H2,2H3,(H,17,18);3-7H,1-2H3;1H/p-1. The molecule has 12 aliphatic rings.